The van der Waals surface area contributed by atoms with Crippen molar-refractivity contribution in [1.29, 1.82) is 0 Å². The molecule has 5 nitrogen and oxygen atoms in total. The van der Waals surface area contributed by atoms with E-state index in [2.05, 4.69) is 44.9 Å². The molecule has 0 spiro atoms. The highest BCUT2D eigenvalue weighted by molar-refractivity contribution is 7.22. The quantitative estimate of drug-likeness (QED) is 0.695. The monoisotopic (exact) mass is 380 g/mol. The SMILES string of the molecule is c1cnc(O[C@H]2C[C@@H](Nc3nc4ccccc4s3)C2)c(C2CCNCC2)c1. The number of ether oxygens (including phenoxy) is 1. The molecule has 2 aliphatic rings. The van der Waals surface area contributed by atoms with Crippen LogP contribution >= 0.6 is 11.3 Å². The minimum atomic E-state index is 0.243. The number of para-hydroxylation sites is 1. The van der Waals surface area contributed by atoms with Gasteiger partial charge in [-0.25, -0.2) is 9.97 Å². The topological polar surface area (TPSA) is 59.1 Å². The molecule has 140 valence electrons. The summed E-state index contributed by atoms with van der Waals surface area (Å²) in [5.41, 5.74) is 2.35. The van der Waals surface area contributed by atoms with Crippen molar-refractivity contribution in [2.45, 2.75) is 43.7 Å². The molecule has 5 rings (SSSR count). The Bertz CT molecular complexity index is 882. The highest BCUT2D eigenvalue weighted by atomic mass is 32.1. The smallest absolute Gasteiger partial charge is 0.217 e. The second-order valence-corrected chi connectivity index (χ2v) is 8.49. The first kappa shape index (κ1) is 17.0. The maximum atomic E-state index is 6.27. The summed E-state index contributed by atoms with van der Waals surface area (Å²) in [4.78, 5) is 9.21. The molecule has 1 saturated heterocycles. The Hall–Kier alpha value is -2.18. The van der Waals surface area contributed by atoms with Crippen molar-refractivity contribution >= 4 is 26.7 Å². The highest BCUT2D eigenvalue weighted by Gasteiger charge is 2.33. The first-order valence-electron chi connectivity index (χ1n) is 9.79. The van der Waals surface area contributed by atoms with Crippen LogP contribution < -0.4 is 15.4 Å². The molecule has 1 aliphatic heterocycles. The number of nitrogens with zero attached hydrogens (tertiary/aromatic N) is 2. The van der Waals surface area contributed by atoms with Crippen molar-refractivity contribution in [2.24, 2.45) is 0 Å². The maximum absolute atomic E-state index is 6.27. The number of hydrogen-bond donors (Lipinski definition) is 2. The molecule has 1 aliphatic carbocycles. The molecule has 1 aromatic carbocycles. The third kappa shape index (κ3) is 3.64. The van der Waals surface area contributed by atoms with Gasteiger partial charge in [-0.3, -0.25) is 0 Å². The van der Waals surface area contributed by atoms with Gasteiger partial charge in [0.2, 0.25) is 5.88 Å². The molecule has 27 heavy (non-hydrogen) atoms. The Kier molecular flexibility index (Phi) is 4.67. The van der Waals surface area contributed by atoms with Gasteiger partial charge in [0.15, 0.2) is 5.13 Å². The Morgan fingerprint density at radius 1 is 1.07 bits per heavy atom. The summed E-state index contributed by atoms with van der Waals surface area (Å²) in [6.07, 6.45) is 6.40. The Morgan fingerprint density at radius 3 is 2.78 bits per heavy atom. The number of piperidine rings is 1. The van der Waals surface area contributed by atoms with Gasteiger partial charge in [0.1, 0.15) is 6.10 Å². The molecule has 0 amide bonds. The minimum Gasteiger partial charge on any atom is -0.474 e. The molecule has 6 heteroatoms. The second kappa shape index (κ2) is 7.44. The van der Waals surface area contributed by atoms with Crippen molar-refractivity contribution < 1.29 is 4.74 Å². The summed E-state index contributed by atoms with van der Waals surface area (Å²) >= 11 is 1.72. The molecule has 0 atom stereocenters. The molecule has 3 heterocycles. The largest absolute Gasteiger partial charge is 0.474 e. The van der Waals surface area contributed by atoms with Crippen molar-refractivity contribution in [2.75, 3.05) is 18.4 Å². The van der Waals surface area contributed by atoms with E-state index < -0.39 is 0 Å². The van der Waals surface area contributed by atoms with Gasteiger partial charge in [-0.2, -0.15) is 0 Å². The number of anilines is 1. The first-order chi connectivity index (χ1) is 13.3. The van der Waals surface area contributed by atoms with Crippen molar-refractivity contribution in [1.82, 2.24) is 15.3 Å². The van der Waals surface area contributed by atoms with Gasteiger partial charge in [-0.15, -0.1) is 0 Å². The molecule has 0 bridgehead atoms. The lowest BCUT2D eigenvalue weighted by Crippen LogP contribution is -2.42. The summed E-state index contributed by atoms with van der Waals surface area (Å²) < 4.78 is 7.50. The van der Waals surface area contributed by atoms with E-state index in [0.717, 1.165) is 55.3 Å². The van der Waals surface area contributed by atoms with Gasteiger partial charge in [0.05, 0.1) is 10.2 Å². The van der Waals surface area contributed by atoms with Gasteiger partial charge >= 0.3 is 0 Å². The average molecular weight is 381 g/mol. The zero-order valence-electron chi connectivity index (χ0n) is 15.2. The Labute approximate surface area is 163 Å². The minimum absolute atomic E-state index is 0.243. The predicted octanol–water partition coefficient (Wildman–Crippen LogP) is 4.18. The molecule has 0 radical (unpaired) electrons. The normalized spacial score (nSPS) is 23.1. The van der Waals surface area contributed by atoms with Crippen LogP contribution in [-0.4, -0.2) is 35.2 Å². The van der Waals surface area contributed by atoms with E-state index >= 15 is 0 Å². The fourth-order valence-electron chi connectivity index (χ4n) is 3.99. The third-order valence-corrected chi connectivity index (χ3v) is 6.54. The lowest BCUT2D eigenvalue weighted by atomic mass is 9.88. The summed E-state index contributed by atoms with van der Waals surface area (Å²) in [6, 6.07) is 12.9. The summed E-state index contributed by atoms with van der Waals surface area (Å²) in [5, 5.41) is 8.00. The maximum Gasteiger partial charge on any atom is 0.217 e. The van der Waals surface area contributed by atoms with Crippen LogP contribution in [0.15, 0.2) is 42.6 Å². The molecule has 2 fully saturated rings. The van der Waals surface area contributed by atoms with Crippen molar-refractivity contribution in [3.05, 3.63) is 48.2 Å². The van der Waals surface area contributed by atoms with E-state index in [1.165, 1.54) is 10.3 Å². The fourth-order valence-corrected chi connectivity index (χ4v) is 4.93. The van der Waals surface area contributed by atoms with Crippen LogP contribution in [0.5, 0.6) is 5.88 Å². The molecular formula is C21H24N4OS. The van der Waals surface area contributed by atoms with Gasteiger partial charge in [-0.1, -0.05) is 29.5 Å². The van der Waals surface area contributed by atoms with Crippen LogP contribution in [0.1, 0.15) is 37.2 Å². The first-order valence-corrected chi connectivity index (χ1v) is 10.6. The third-order valence-electron chi connectivity index (χ3n) is 5.57. The number of pyridine rings is 1. The van der Waals surface area contributed by atoms with E-state index in [-0.39, 0.29) is 6.10 Å². The van der Waals surface area contributed by atoms with E-state index in [1.807, 2.05) is 18.3 Å². The van der Waals surface area contributed by atoms with Crippen LogP contribution in [0.3, 0.4) is 0 Å². The zero-order valence-corrected chi connectivity index (χ0v) is 16.0. The van der Waals surface area contributed by atoms with E-state index in [9.17, 15) is 0 Å². The second-order valence-electron chi connectivity index (χ2n) is 7.46. The van der Waals surface area contributed by atoms with Crippen molar-refractivity contribution in [3.8, 4) is 5.88 Å². The van der Waals surface area contributed by atoms with Gasteiger partial charge < -0.3 is 15.4 Å². The van der Waals surface area contributed by atoms with Crippen LogP contribution in [-0.2, 0) is 0 Å². The number of thiazole rings is 1. The van der Waals surface area contributed by atoms with Crippen LogP contribution in [0.2, 0.25) is 0 Å². The van der Waals surface area contributed by atoms with Crippen molar-refractivity contribution in [3.63, 3.8) is 0 Å². The van der Waals surface area contributed by atoms with E-state index in [1.54, 1.807) is 11.3 Å². The number of nitrogens with one attached hydrogen (secondary N) is 2. The van der Waals surface area contributed by atoms with Crippen LogP contribution in [0.4, 0.5) is 5.13 Å². The Morgan fingerprint density at radius 2 is 1.93 bits per heavy atom. The van der Waals surface area contributed by atoms with Gasteiger partial charge in [-0.05, 0) is 50.0 Å². The highest BCUT2D eigenvalue weighted by Crippen LogP contribution is 2.35. The van der Waals surface area contributed by atoms with E-state index in [0.29, 0.717) is 12.0 Å². The average Bonchev–Trinajstić information content (AvgIpc) is 3.10. The molecule has 2 N–H and O–H groups in total. The fraction of sp³-hybridized carbons (Fsp3) is 0.429. The van der Waals surface area contributed by atoms with Gasteiger partial charge in [0.25, 0.3) is 0 Å². The van der Waals surface area contributed by atoms with E-state index in [4.69, 9.17) is 4.74 Å². The lowest BCUT2D eigenvalue weighted by molar-refractivity contribution is 0.101. The number of benzene rings is 1. The number of fused-ring (bicyclic) bond motifs is 1. The summed E-state index contributed by atoms with van der Waals surface area (Å²) in [6.45, 7) is 2.16. The molecule has 0 unspecified atom stereocenters. The van der Waals surface area contributed by atoms with Gasteiger partial charge in [0, 0.05) is 30.6 Å². The molecular weight excluding hydrogens is 356 g/mol. The number of hydrogen-bond acceptors (Lipinski definition) is 6. The zero-order chi connectivity index (χ0) is 18.1. The number of aromatic nitrogens is 2. The molecule has 3 aromatic rings. The predicted molar refractivity (Wildman–Crippen MR) is 110 cm³/mol. The molecule has 2 aromatic heterocycles. The molecule has 1 saturated carbocycles. The van der Waals surface area contributed by atoms with Crippen LogP contribution in [0.25, 0.3) is 10.2 Å². The van der Waals surface area contributed by atoms with Crippen LogP contribution in [0, 0.1) is 0 Å². The summed E-state index contributed by atoms with van der Waals surface area (Å²) in [5.74, 6) is 1.40. The number of rotatable bonds is 5. The Balaban J connectivity index is 1.19. The lowest BCUT2D eigenvalue weighted by Gasteiger charge is -2.36. The summed E-state index contributed by atoms with van der Waals surface area (Å²) in [7, 11) is 0. The standard InChI is InChI=1S/C21H24N4OS/c1-2-6-19-18(5-1)25-21(27-19)24-15-12-16(13-15)26-20-17(4-3-9-23-20)14-7-10-22-11-8-14/h1-6,9,14-16,22H,7-8,10-13H2,(H,24,25)/t15-,16+.